The van der Waals surface area contributed by atoms with Gasteiger partial charge in [-0.25, -0.2) is 9.13 Å². The maximum Gasteiger partial charge on any atom is 0.481 e. The van der Waals surface area contributed by atoms with E-state index < -0.39 is 75.5 Å². The molecule has 0 aromatic heterocycles. The molecular weight excluding hydrogens is 866 g/mol. The number of ketones is 2. The van der Waals surface area contributed by atoms with Gasteiger partial charge < -0.3 is 34.6 Å². The van der Waals surface area contributed by atoms with E-state index in [2.05, 4.69) is 9.63 Å². The number of nitrogens with zero attached hydrogens (tertiary/aromatic N) is 1. The summed E-state index contributed by atoms with van der Waals surface area (Å²) >= 11 is 0. The number of allylic oxidation sites excluding steroid dienone is 4. The van der Waals surface area contributed by atoms with Crippen LogP contribution in [0.5, 0.6) is 0 Å². The Morgan fingerprint density at radius 2 is 1.69 bits per heavy atom. The van der Waals surface area contributed by atoms with E-state index in [9.17, 15) is 43.2 Å². The van der Waals surface area contributed by atoms with Gasteiger partial charge in [0.25, 0.3) is 0 Å². The Bertz CT molecular complexity index is 2390. The molecule has 344 valence electrons. The summed E-state index contributed by atoms with van der Waals surface area (Å²) in [4.78, 5) is 75.5. The molecule has 4 fully saturated rings. The number of ether oxygens (including phenoxy) is 2. The standard InChI is InChI=1S/C46H56N2O14P2/c1-4-9-42-60-39-25-35-34-17-16-32-24-33(49)20-21-44(32,2)43(34)37(50)26-45(35,3)46(39,61-42)38(51)28-59-64(56,57)62-63(54,55)58-23-22-47-40(52)18-19-41(53)48-27-31-12-6-5-10-29(31)14-15-30-11-7-8-13-36(30)48/h5-8,10-15,20-21,24,34-35,37,39,42-43,50H,4,9,16-19,22-23,25-28H2,1-3H3,(H,47,52)(H,54,55)(H,56,57)/b15-14-/t34-,35-,37-,39+,42?,43+,44-,45-,46+/m0/s1. The third-order valence-electron chi connectivity index (χ3n) is 14.4. The predicted octanol–water partition coefficient (Wildman–Crippen LogP) is 6.59. The monoisotopic (exact) mass is 922 g/mol. The van der Waals surface area contributed by atoms with Gasteiger partial charge in [-0.1, -0.05) is 93.5 Å². The fourth-order valence-corrected chi connectivity index (χ4v) is 13.6. The lowest BCUT2D eigenvalue weighted by Gasteiger charge is -2.59. The second kappa shape index (κ2) is 18.0. The van der Waals surface area contributed by atoms with Crippen molar-refractivity contribution < 1.29 is 66.0 Å². The number of hydrogen-bond acceptors (Lipinski definition) is 12. The zero-order valence-electron chi connectivity index (χ0n) is 36.1. The highest BCUT2D eigenvalue weighted by Crippen LogP contribution is 2.70. The number of carbonyl (C=O) groups excluding carboxylic acids is 4. The average molecular weight is 923 g/mol. The van der Waals surface area contributed by atoms with Crippen LogP contribution < -0.4 is 10.2 Å². The van der Waals surface area contributed by atoms with Gasteiger partial charge in [-0.15, -0.1) is 0 Å². The third kappa shape index (κ3) is 8.75. The highest BCUT2D eigenvalue weighted by molar-refractivity contribution is 7.61. The number of benzene rings is 2. The van der Waals surface area contributed by atoms with E-state index in [1.807, 2.05) is 87.5 Å². The van der Waals surface area contributed by atoms with Crippen LogP contribution in [0.4, 0.5) is 5.69 Å². The molecule has 2 heterocycles. The van der Waals surface area contributed by atoms with Gasteiger partial charge in [-0.3, -0.25) is 28.2 Å². The number of nitrogens with one attached hydrogen (secondary N) is 1. The first-order valence-corrected chi connectivity index (χ1v) is 25.0. The van der Waals surface area contributed by atoms with Crippen molar-refractivity contribution in [3.63, 3.8) is 0 Å². The lowest BCUT2D eigenvalue weighted by atomic mass is 9.46. The minimum absolute atomic E-state index is 0.0672. The molecule has 3 saturated carbocycles. The number of fused-ring (bicyclic) bond motifs is 9. The SMILES string of the molecule is CCCC1O[C@@H]2C[C@H]3[C@@H]4CCC5=CC(=O)C=C[C@]5(C)[C@H]4[C@@H](O)C[C@]3(C)[C@]2(C(=O)COP(=O)(O)OP(=O)(O)OCCNC(=O)CCC(=O)N2Cc3ccccc3/C=C\c3ccccc32)O1. The minimum Gasteiger partial charge on any atom is -0.393 e. The summed E-state index contributed by atoms with van der Waals surface area (Å²) in [5, 5.41) is 14.4. The highest BCUT2D eigenvalue weighted by Gasteiger charge is 2.76. The highest BCUT2D eigenvalue weighted by atomic mass is 31.3. The van der Waals surface area contributed by atoms with Gasteiger partial charge in [0.05, 0.1) is 31.0 Å². The van der Waals surface area contributed by atoms with Crippen LogP contribution in [0.3, 0.4) is 0 Å². The van der Waals surface area contributed by atoms with Crippen molar-refractivity contribution in [2.24, 2.45) is 28.6 Å². The first-order chi connectivity index (χ1) is 30.4. The molecule has 0 spiro atoms. The molecule has 1 saturated heterocycles. The molecule has 3 unspecified atom stereocenters. The lowest BCUT2D eigenvalue weighted by Crippen LogP contribution is -2.63. The summed E-state index contributed by atoms with van der Waals surface area (Å²) in [6.07, 6.45) is 9.35. The quantitative estimate of drug-likeness (QED) is 0.109. The van der Waals surface area contributed by atoms with Crippen LogP contribution in [0, 0.1) is 28.6 Å². The second-order valence-corrected chi connectivity index (χ2v) is 21.2. The Morgan fingerprint density at radius 3 is 2.47 bits per heavy atom. The van der Waals surface area contributed by atoms with E-state index in [4.69, 9.17) is 18.5 Å². The van der Waals surface area contributed by atoms with Gasteiger partial charge in [0.1, 0.15) is 6.61 Å². The van der Waals surface area contributed by atoms with E-state index in [1.54, 1.807) is 17.1 Å². The number of phosphoric ester groups is 2. The lowest BCUT2D eigenvalue weighted by molar-refractivity contribution is -0.200. The number of aliphatic hydroxyl groups is 1. The number of aliphatic hydroxyl groups excluding tert-OH is 1. The molecule has 8 rings (SSSR count). The summed E-state index contributed by atoms with van der Waals surface area (Å²) in [6, 6.07) is 15.2. The molecule has 2 aromatic rings. The Morgan fingerprint density at radius 1 is 0.969 bits per heavy atom. The second-order valence-electron chi connectivity index (χ2n) is 18.1. The predicted molar refractivity (Wildman–Crippen MR) is 234 cm³/mol. The van der Waals surface area contributed by atoms with Crippen LogP contribution in [0.25, 0.3) is 12.2 Å². The van der Waals surface area contributed by atoms with E-state index in [0.717, 1.165) is 22.3 Å². The molecule has 11 atom stereocenters. The number of phosphoric acid groups is 2. The van der Waals surface area contributed by atoms with Gasteiger partial charge in [-0.2, -0.15) is 4.31 Å². The fraction of sp³-hybridized carbons (Fsp3) is 0.522. The minimum atomic E-state index is -5.43. The van der Waals surface area contributed by atoms with E-state index in [-0.39, 0.29) is 55.3 Å². The van der Waals surface area contributed by atoms with Crippen LogP contribution in [-0.4, -0.2) is 82.1 Å². The maximum atomic E-state index is 14.5. The van der Waals surface area contributed by atoms with E-state index >= 15 is 0 Å². The number of amides is 2. The Kier molecular flexibility index (Phi) is 13.1. The molecule has 4 aliphatic carbocycles. The van der Waals surface area contributed by atoms with Crippen molar-refractivity contribution in [2.45, 2.75) is 103 Å². The zero-order chi connectivity index (χ0) is 45.7. The van der Waals surface area contributed by atoms with Crippen LogP contribution in [-0.2, 0) is 57.7 Å². The van der Waals surface area contributed by atoms with Crippen molar-refractivity contribution in [1.29, 1.82) is 0 Å². The molecule has 18 heteroatoms. The summed E-state index contributed by atoms with van der Waals surface area (Å²) in [6.45, 7) is 4.20. The summed E-state index contributed by atoms with van der Waals surface area (Å²) < 4.78 is 53.3. The zero-order valence-corrected chi connectivity index (χ0v) is 37.9. The molecular formula is C46H56N2O14P2. The number of carbonyl (C=O) groups is 4. The van der Waals surface area contributed by atoms with Crippen LogP contribution in [0.1, 0.15) is 88.8 Å². The Balaban J connectivity index is 0.849. The summed E-state index contributed by atoms with van der Waals surface area (Å²) in [5.41, 5.74) is 1.22. The summed E-state index contributed by atoms with van der Waals surface area (Å²) in [5.74, 6) is -2.10. The fourth-order valence-electron chi connectivity index (χ4n) is 11.6. The van der Waals surface area contributed by atoms with Crippen molar-refractivity contribution >= 4 is 56.9 Å². The molecule has 64 heavy (non-hydrogen) atoms. The topological polar surface area (TPSA) is 225 Å². The Hall–Kier alpha value is -3.92. The maximum absolute atomic E-state index is 14.5. The molecule has 0 radical (unpaired) electrons. The number of hydrogen-bond donors (Lipinski definition) is 4. The summed E-state index contributed by atoms with van der Waals surface area (Å²) in [7, 11) is -10.7. The first kappa shape index (κ1) is 46.6. The number of Topliss-reactive ketones (excluding diaryl/α,β-unsaturated/α-hetero) is 1. The largest absolute Gasteiger partial charge is 0.481 e. The number of rotatable bonds is 15. The van der Waals surface area contributed by atoms with Crippen molar-refractivity contribution in [3.8, 4) is 0 Å². The smallest absolute Gasteiger partial charge is 0.393 e. The average Bonchev–Trinajstić information content (AvgIpc) is 3.72. The number of anilines is 1. The molecule has 2 aliphatic heterocycles. The van der Waals surface area contributed by atoms with Crippen molar-refractivity contribution in [1.82, 2.24) is 5.32 Å². The van der Waals surface area contributed by atoms with Crippen LogP contribution in [0.2, 0.25) is 0 Å². The van der Waals surface area contributed by atoms with E-state index in [0.29, 0.717) is 44.3 Å². The van der Waals surface area contributed by atoms with Crippen molar-refractivity contribution in [3.05, 3.63) is 89.0 Å². The molecule has 2 amide bonds. The Labute approximate surface area is 372 Å². The van der Waals surface area contributed by atoms with E-state index in [1.165, 1.54) is 0 Å². The van der Waals surface area contributed by atoms with Crippen LogP contribution >= 0.6 is 15.6 Å². The van der Waals surface area contributed by atoms with Gasteiger partial charge in [0.2, 0.25) is 11.8 Å². The van der Waals surface area contributed by atoms with Gasteiger partial charge in [-0.05, 0) is 78.8 Å². The molecule has 16 nitrogen and oxygen atoms in total. The third-order valence-corrected chi connectivity index (χ3v) is 17.0. The van der Waals surface area contributed by atoms with Gasteiger partial charge in [0.15, 0.2) is 23.5 Å². The molecule has 6 aliphatic rings. The van der Waals surface area contributed by atoms with Crippen molar-refractivity contribution in [2.75, 3.05) is 24.7 Å². The first-order valence-electron chi connectivity index (χ1n) is 22.0. The van der Waals surface area contributed by atoms with Crippen LogP contribution in [0.15, 0.2) is 72.3 Å². The van der Waals surface area contributed by atoms with Gasteiger partial charge in [0, 0.05) is 36.1 Å². The molecule has 2 aromatic carbocycles. The normalized spacial score (nSPS) is 33.6. The molecule has 4 N–H and O–H groups in total. The van der Waals surface area contributed by atoms with Gasteiger partial charge >= 0.3 is 15.6 Å². The molecule has 0 bridgehead atoms. The number of para-hydroxylation sites is 1.